The fraction of sp³-hybridized carbons (Fsp3) is 0.400. The molecule has 2 rings (SSSR count). The molecule has 1 aromatic rings. The van der Waals surface area contributed by atoms with Crippen molar-refractivity contribution >= 4 is 0 Å². The molecule has 0 radical (unpaired) electrons. The molecule has 0 aromatic heterocycles. The summed E-state index contributed by atoms with van der Waals surface area (Å²) in [6, 6.07) is 5.17. The molecule has 13 heavy (non-hydrogen) atoms. The molecule has 0 amide bonds. The molecule has 0 bridgehead atoms. The van der Waals surface area contributed by atoms with Crippen molar-refractivity contribution in [3.63, 3.8) is 0 Å². The lowest BCUT2D eigenvalue weighted by Crippen LogP contribution is -2.35. The molecule has 1 heterocycles. The van der Waals surface area contributed by atoms with E-state index in [1.807, 2.05) is 6.07 Å². The van der Waals surface area contributed by atoms with Crippen molar-refractivity contribution in [2.24, 2.45) is 0 Å². The average Bonchev–Trinajstić information content (AvgIpc) is 2.01. The lowest BCUT2D eigenvalue weighted by atomic mass is 9.93. The van der Waals surface area contributed by atoms with E-state index in [9.17, 15) is 4.39 Å². The van der Waals surface area contributed by atoms with Gasteiger partial charge < -0.3 is 10.4 Å². The van der Waals surface area contributed by atoms with E-state index < -0.39 is 0 Å². The lowest BCUT2D eigenvalue weighted by molar-refractivity contribution is 0.269. The summed E-state index contributed by atoms with van der Waals surface area (Å²) in [5, 5.41) is 12.2. The molecule has 1 fully saturated rings. The first-order chi connectivity index (χ1) is 6.33. The average molecular weight is 181 g/mol. The van der Waals surface area contributed by atoms with Crippen LogP contribution in [0.2, 0.25) is 0 Å². The maximum atomic E-state index is 13.2. The molecule has 3 heteroatoms. The topological polar surface area (TPSA) is 32.3 Å². The van der Waals surface area contributed by atoms with Gasteiger partial charge in [-0.25, -0.2) is 4.39 Å². The van der Waals surface area contributed by atoms with Gasteiger partial charge >= 0.3 is 0 Å². The lowest BCUT2D eigenvalue weighted by Gasteiger charge is -2.29. The summed E-state index contributed by atoms with van der Waals surface area (Å²) in [5.74, 6) is -0.311. The smallest absolute Gasteiger partial charge is 0.129 e. The van der Waals surface area contributed by atoms with Crippen LogP contribution >= 0.6 is 0 Å². The Balaban J connectivity index is 2.37. The molecule has 1 aliphatic rings. The predicted octanol–water partition coefficient (Wildman–Crippen LogP) is 1.35. The van der Waals surface area contributed by atoms with E-state index in [-0.39, 0.29) is 18.5 Å². The third-order valence-electron chi connectivity index (χ3n) is 2.51. The first-order valence-electron chi connectivity index (χ1n) is 4.44. The third kappa shape index (κ3) is 1.45. The van der Waals surface area contributed by atoms with E-state index >= 15 is 0 Å². The maximum absolute atomic E-state index is 13.2. The minimum atomic E-state index is -0.311. The van der Waals surface area contributed by atoms with Crippen molar-refractivity contribution in [1.29, 1.82) is 0 Å². The third-order valence-corrected chi connectivity index (χ3v) is 2.51. The number of nitrogens with one attached hydrogen (secondary N) is 1. The van der Waals surface area contributed by atoms with Crippen molar-refractivity contribution in [1.82, 2.24) is 5.32 Å². The van der Waals surface area contributed by atoms with E-state index in [1.54, 1.807) is 6.07 Å². The molecule has 2 N–H and O–H groups in total. The Morgan fingerprint density at radius 1 is 1.54 bits per heavy atom. The summed E-state index contributed by atoms with van der Waals surface area (Å²) < 4.78 is 13.2. The summed E-state index contributed by atoms with van der Waals surface area (Å²) in [6.07, 6.45) is 1.02. The Kier molecular flexibility index (Phi) is 2.29. The molecular formula is C10H12FNO. The van der Waals surface area contributed by atoms with Crippen LogP contribution in [0.4, 0.5) is 4.39 Å². The quantitative estimate of drug-likeness (QED) is 0.721. The van der Waals surface area contributed by atoms with Gasteiger partial charge in [0, 0.05) is 11.6 Å². The molecule has 1 saturated heterocycles. The highest BCUT2D eigenvalue weighted by Crippen LogP contribution is 2.27. The summed E-state index contributed by atoms with van der Waals surface area (Å²) >= 11 is 0. The molecular weight excluding hydrogens is 169 g/mol. The Morgan fingerprint density at radius 3 is 2.85 bits per heavy atom. The molecule has 70 valence electrons. The summed E-state index contributed by atoms with van der Waals surface area (Å²) in [7, 11) is 0. The van der Waals surface area contributed by atoms with Gasteiger partial charge in [-0.2, -0.15) is 0 Å². The van der Waals surface area contributed by atoms with Gasteiger partial charge in [-0.3, -0.25) is 0 Å². The first kappa shape index (κ1) is 8.66. The molecule has 2 nitrogen and oxygen atoms in total. The van der Waals surface area contributed by atoms with Crippen LogP contribution in [0.15, 0.2) is 18.2 Å². The minimum Gasteiger partial charge on any atom is -0.392 e. The number of hydrogen-bond acceptors (Lipinski definition) is 2. The van der Waals surface area contributed by atoms with Crippen LogP contribution < -0.4 is 5.32 Å². The second-order valence-corrected chi connectivity index (χ2v) is 3.26. The van der Waals surface area contributed by atoms with E-state index in [0.717, 1.165) is 18.5 Å². The largest absolute Gasteiger partial charge is 0.392 e. The van der Waals surface area contributed by atoms with Crippen molar-refractivity contribution < 1.29 is 9.50 Å². The van der Waals surface area contributed by atoms with Crippen LogP contribution in [0.3, 0.4) is 0 Å². The van der Waals surface area contributed by atoms with Gasteiger partial charge in [-0.1, -0.05) is 12.1 Å². The number of aliphatic hydroxyl groups is 1. The van der Waals surface area contributed by atoms with Crippen LogP contribution in [-0.4, -0.2) is 11.7 Å². The van der Waals surface area contributed by atoms with Crippen LogP contribution in [-0.2, 0) is 6.61 Å². The van der Waals surface area contributed by atoms with Crippen molar-refractivity contribution in [2.45, 2.75) is 19.1 Å². The Morgan fingerprint density at radius 2 is 2.31 bits per heavy atom. The Hall–Kier alpha value is -0.930. The monoisotopic (exact) mass is 181 g/mol. The molecule has 0 spiro atoms. The molecule has 1 atom stereocenters. The fourth-order valence-electron chi connectivity index (χ4n) is 1.62. The van der Waals surface area contributed by atoms with Crippen LogP contribution in [0.25, 0.3) is 0 Å². The standard InChI is InChI=1S/C10H12FNO/c11-9-3-1-2-7(8(9)6-13)10-4-5-12-10/h1-3,10,12-13H,4-6H2/t10-/m0/s1. The van der Waals surface area contributed by atoms with Crippen molar-refractivity contribution in [3.05, 3.63) is 35.1 Å². The van der Waals surface area contributed by atoms with Gasteiger partial charge in [-0.05, 0) is 24.6 Å². The normalized spacial score (nSPS) is 21.2. The van der Waals surface area contributed by atoms with Gasteiger partial charge in [0.25, 0.3) is 0 Å². The Labute approximate surface area is 76.4 Å². The zero-order valence-corrected chi connectivity index (χ0v) is 7.26. The van der Waals surface area contributed by atoms with E-state index in [2.05, 4.69) is 5.32 Å². The van der Waals surface area contributed by atoms with Crippen molar-refractivity contribution in [3.8, 4) is 0 Å². The van der Waals surface area contributed by atoms with Gasteiger partial charge in [0.05, 0.1) is 6.61 Å². The highest BCUT2D eigenvalue weighted by molar-refractivity contribution is 5.32. The van der Waals surface area contributed by atoms with Gasteiger partial charge in [0.2, 0.25) is 0 Å². The van der Waals surface area contributed by atoms with Crippen LogP contribution in [0.1, 0.15) is 23.6 Å². The fourth-order valence-corrected chi connectivity index (χ4v) is 1.62. The molecule has 1 aromatic carbocycles. The van der Waals surface area contributed by atoms with Gasteiger partial charge in [-0.15, -0.1) is 0 Å². The Bertz CT molecular complexity index is 310. The highest BCUT2D eigenvalue weighted by Gasteiger charge is 2.22. The number of benzene rings is 1. The zero-order valence-electron chi connectivity index (χ0n) is 7.26. The number of hydrogen-bond donors (Lipinski definition) is 2. The number of aliphatic hydroxyl groups excluding tert-OH is 1. The molecule has 1 aliphatic heterocycles. The predicted molar refractivity (Wildman–Crippen MR) is 47.7 cm³/mol. The minimum absolute atomic E-state index is 0.222. The second-order valence-electron chi connectivity index (χ2n) is 3.26. The molecule has 0 unspecified atom stereocenters. The SMILES string of the molecule is OCc1c(F)cccc1[C@@H]1CCN1. The van der Waals surface area contributed by atoms with Crippen molar-refractivity contribution in [2.75, 3.05) is 6.54 Å². The van der Waals surface area contributed by atoms with Crippen LogP contribution in [0, 0.1) is 5.82 Å². The first-order valence-corrected chi connectivity index (χ1v) is 4.44. The van der Waals surface area contributed by atoms with E-state index in [1.165, 1.54) is 6.07 Å². The second kappa shape index (κ2) is 3.44. The molecule has 0 saturated carbocycles. The van der Waals surface area contributed by atoms with E-state index in [0.29, 0.717) is 5.56 Å². The van der Waals surface area contributed by atoms with Gasteiger partial charge in [0.15, 0.2) is 0 Å². The highest BCUT2D eigenvalue weighted by atomic mass is 19.1. The van der Waals surface area contributed by atoms with Gasteiger partial charge in [0.1, 0.15) is 5.82 Å². The van der Waals surface area contributed by atoms with E-state index in [4.69, 9.17) is 5.11 Å². The summed E-state index contributed by atoms with van der Waals surface area (Å²) in [5.41, 5.74) is 1.33. The molecule has 0 aliphatic carbocycles. The zero-order chi connectivity index (χ0) is 9.26. The number of rotatable bonds is 2. The number of halogens is 1. The maximum Gasteiger partial charge on any atom is 0.129 e. The van der Waals surface area contributed by atoms with Crippen LogP contribution in [0.5, 0.6) is 0 Å². The summed E-state index contributed by atoms with van der Waals surface area (Å²) in [4.78, 5) is 0. The summed E-state index contributed by atoms with van der Waals surface area (Å²) in [6.45, 7) is 0.756.